The van der Waals surface area contributed by atoms with Gasteiger partial charge in [-0.25, -0.2) is 0 Å². The first-order valence-corrected chi connectivity index (χ1v) is 10.6. The van der Waals surface area contributed by atoms with E-state index in [1.54, 1.807) is 0 Å². The molecule has 0 aromatic heterocycles. The van der Waals surface area contributed by atoms with Crippen LogP contribution in [0.4, 0.5) is 0 Å². The van der Waals surface area contributed by atoms with Gasteiger partial charge in [0.25, 0.3) is 0 Å². The van der Waals surface area contributed by atoms with E-state index in [0.29, 0.717) is 30.5 Å². The van der Waals surface area contributed by atoms with Crippen LogP contribution in [0.2, 0.25) is 0 Å². The second-order valence-electron chi connectivity index (χ2n) is 8.12. The Morgan fingerprint density at radius 2 is 1.64 bits per heavy atom. The molecule has 148 valence electrons. The first-order valence-electron chi connectivity index (χ1n) is 10.6. The molecule has 3 heteroatoms. The van der Waals surface area contributed by atoms with Gasteiger partial charge in [0, 0.05) is 37.8 Å². The van der Waals surface area contributed by atoms with Gasteiger partial charge in [-0.15, -0.1) is 0 Å². The highest BCUT2D eigenvalue weighted by atomic mass is 16.5. The number of hydrogen-bond acceptors (Lipinski definition) is 3. The summed E-state index contributed by atoms with van der Waals surface area (Å²) in [4.78, 5) is 2.63. The lowest BCUT2D eigenvalue weighted by Gasteiger charge is -2.52. The molecular formula is C25H31NO2. The Morgan fingerprint density at radius 1 is 0.929 bits per heavy atom. The van der Waals surface area contributed by atoms with Crippen LogP contribution < -0.4 is 0 Å². The van der Waals surface area contributed by atoms with Crippen molar-refractivity contribution < 1.29 is 9.84 Å². The van der Waals surface area contributed by atoms with Gasteiger partial charge in [-0.3, -0.25) is 4.90 Å². The molecule has 2 heterocycles. The first kappa shape index (κ1) is 19.4. The van der Waals surface area contributed by atoms with Gasteiger partial charge in [0.15, 0.2) is 0 Å². The minimum absolute atomic E-state index is 0.281. The van der Waals surface area contributed by atoms with Crippen LogP contribution in [-0.4, -0.2) is 35.3 Å². The average Bonchev–Trinajstić information content (AvgIpc) is 2.76. The molecular weight excluding hydrogens is 346 g/mol. The van der Waals surface area contributed by atoms with Crippen molar-refractivity contribution in [3.63, 3.8) is 0 Å². The predicted molar refractivity (Wildman–Crippen MR) is 113 cm³/mol. The van der Waals surface area contributed by atoms with E-state index in [1.807, 2.05) is 6.07 Å². The second kappa shape index (κ2) is 9.51. The largest absolute Gasteiger partial charge is 0.396 e. The topological polar surface area (TPSA) is 32.7 Å². The zero-order valence-electron chi connectivity index (χ0n) is 16.5. The molecule has 0 saturated carbocycles. The Labute approximate surface area is 168 Å². The van der Waals surface area contributed by atoms with E-state index in [1.165, 1.54) is 11.1 Å². The van der Waals surface area contributed by atoms with E-state index in [2.05, 4.69) is 71.6 Å². The lowest BCUT2D eigenvalue weighted by Crippen LogP contribution is -2.56. The van der Waals surface area contributed by atoms with E-state index in [4.69, 9.17) is 4.74 Å². The molecule has 2 aromatic rings. The van der Waals surface area contributed by atoms with Gasteiger partial charge < -0.3 is 9.84 Å². The van der Waals surface area contributed by atoms with Crippen molar-refractivity contribution in [3.8, 4) is 0 Å². The Bertz CT molecular complexity index is 746. The number of fused-ring (bicyclic) bond motifs is 2. The van der Waals surface area contributed by atoms with Crippen molar-refractivity contribution in [2.24, 2.45) is 11.8 Å². The van der Waals surface area contributed by atoms with Gasteiger partial charge in [-0.05, 0) is 36.3 Å². The Hall–Kier alpha value is -1.94. The van der Waals surface area contributed by atoms with Crippen LogP contribution in [0.3, 0.4) is 0 Å². The molecule has 1 saturated heterocycles. The number of hydrogen-bond donors (Lipinski definition) is 1. The third kappa shape index (κ3) is 4.54. The van der Waals surface area contributed by atoms with Gasteiger partial charge in [-0.2, -0.15) is 0 Å². The standard InChI is InChI=1S/C25H31NO2/c27-18-23-16-22-13-14-25(23)26(17-20-8-3-1-4-9-20)24(22)12-7-15-28-19-21-10-5-2-6-11-21/h1-6,8-11,13-14,22-25,27H,7,12,15-19H2. The van der Waals surface area contributed by atoms with Crippen molar-refractivity contribution in [2.75, 3.05) is 13.2 Å². The highest BCUT2D eigenvalue weighted by Gasteiger charge is 2.43. The molecule has 2 bridgehead atoms. The van der Waals surface area contributed by atoms with Gasteiger partial charge in [0.1, 0.15) is 0 Å². The van der Waals surface area contributed by atoms with E-state index in [-0.39, 0.29) is 6.61 Å². The van der Waals surface area contributed by atoms with Crippen molar-refractivity contribution in [1.29, 1.82) is 0 Å². The van der Waals surface area contributed by atoms with Gasteiger partial charge in [0.2, 0.25) is 0 Å². The molecule has 4 unspecified atom stereocenters. The Balaban J connectivity index is 1.34. The lowest BCUT2D eigenvalue weighted by molar-refractivity contribution is -0.0121. The summed E-state index contributed by atoms with van der Waals surface area (Å²) in [6, 6.07) is 22.0. The number of piperidine rings is 1. The summed E-state index contributed by atoms with van der Waals surface area (Å²) in [6.45, 7) is 2.73. The van der Waals surface area contributed by atoms with E-state index in [9.17, 15) is 5.11 Å². The summed E-state index contributed by atoms with van der Waals surface area (Å²) in [7, 11) is 0. The number of nitrogens with zero attached hydrogens (tertiary/aromatic N) is 1. The zero-order chi connectivity index (χ0) is 19.2. The highest BCUT2D eigenvalue weighted by molar-refractivity contribution is 5.20. The van der Waals surface area contributed by atoms with Crippen LogP contribution in [0.5, 0.6) is 0 Å². The summed E-state index contributed by atoms with van der Waals surface area (Å²) in [6.07, 6.45) is 8.06. The smallest absolute Gasteiger partial charge is 0.0716 e. The minimum atomic E-state index is 0.281. The van der Waals surface area contributed by atoms with Crippen molar-refractivity contribution in [3.05, 3.63) is 83.9 Å². The normalized spacial score (nSPS) is 26.6. The number of aliphatic hydroxyl groups is 1. The fourth-order valence-electron chi connectivity index (χ4n) is 4.85. The summed E-state index contributed by atoms with van der Waals surface area (Å²) >= 11 is 0. The van der Waals surface area contributed by atoms with Crippen molar-refractivity contribution in [1.82, 2.24) is 4.90 Å². The first-order chi connectivity index (χ1) is 13.8. The van der Waals surface area contributed by atoms with Crippen LogP contribution in [0.15, 0.2) is 72.8 Å². The molecule has 1 fully saturated rings. The van der Waals surface area contributed by atoms with Gasteiger partial charge in [0.05, 0.1) is 6.61 Å². The number of rotatable bonds is 9. The molecule has 4 atom stereocenters. The Morgan fingerprint density at radius 3 is 2.36 bits per heavy atom. The van der Waals surface area contributed by atoms with Gasteiger partial charge >= 0.3 is 0 Å². The third-order valence-electron chi connectivity index (χ3n) is 6.26. The monoisotopic (exact) mass is 377 g/mol. The summed E-state index contributed by atoms with van der Waals surface area (Å²) < 4.78 is 5.91. The molecule has 0 amide bonds. The molecule has 2 aliphatic heterocycles. The molecule has 3 aliphatic rings. The maximum atomic E-state index is 9.86. The lowest BCUT2D eigenvalue weighted by atomic mass is 9.72. The van der Waals surface area contributed by atoms with E-state index >= 15 is 0 Å². The molecule has 0 radical (unpaired) electrons. The fraction of sp³-hybridized carbons (Fsp3) is 0.440. The van der Waals surface area contributed by atoms with Gasteiger partial charge in [-0.1, -0.05) is 72.8 Å². The van der Waals surface area contributed by atoms with Crippen LogP contribution in [0, 0.1) is 11.8 Å². The minimum Gasteiger partial charge on any atom is -0.396 e. The van der Waals surface area contributed by atoms with Crippen molar-refractivity contribution in [2.45, 2.75) is 44.5 Å². The SMILES string of the molecule is OCC1CC2C=CC1N(Cc1ccccc1)C2CCCOCc1ccccc1. The summed E-state index contributed by atoms with van der Waals surface area (Å²) in [5.74, 6) is 0.907. The van der Waals surface area contributed by atoms with Crippen LogP contribution >= 0.6 is 0 Å². The van der Waals surface area contributed by atoms with E-state index in [0.717, 1.165) is 32.4 Å². The maximum Gasteiger partial charge on any atom is 0.0716 e. The van der Waals surface area contributed by atoms with Crippen LogP contribution in [0.1, 0.15) is 30.4 Å². The molecule has 1 aliphatic carbocycles. The summed E-state index contributed by atoms with van der Waals surface area (Å²) in [5.41, 5.74) is 2.59. The molecule has 3 nitrogen and oxygen atoms in total. The zero-order valence-corrected chi connectivity index (χ0v) is 16.5. The highest BCUT2D eigenvalue weighted by Crippen LogP contribution is 2.41. The molecule has 2 aromatic carbocycles. The maximum absolute atomic E-state index is 9.86. The van der Waals surface area contributed by atoms with Crippen LogP contribution in [-0.2, 0) is 17.9 Å². The molecule has 0 spiro atoms. The average molecular weight is 378 g/mol. The van der Waals surface area contributed by atoms with Crippen molar-refractivity contribution >= 4 is 0 Å². The fourth-order valence-corrected chi connectivity index (χ4v) is 4.85. The molecule has 1 N–H and O–H groups in total. The van der Waals surface area contributed by atoms with E-state index < -0.39 is 0 Å². The molecule has 28 heavy (non-hydrogen) atoms. The quantitative estimate of drug-likeness (QED) is 0.519. The number of aliphatic hydroxyl groups excluding tert-OH is 1. The number of ether oxygens (including phenoxy) is 1. The van der Waals surface area contributed by atoms with Crippen LogP contribution in [0.25, 0.3) is 0 Å². The number of benzene rings is 2. The molecule has 5 rings (SSSR count). The third-order valence-corrected chi connectivity index (χ3v) is 6.26. The Kier molecular flexibility index (Phi) is 6.58. The predicted octanol–water partition coefficient (Wildman–Crippen LogP) is 4.42. The second-order valence-corrected chi connectivity index (χ2v) is 8.12. The summed E-state index contributed by atoms with van der Waals surface area (Å²) in [5, 5.41) is 9.86.